The minimum atomic E-state index is -0.849. The van der Waals surface area contributed by atoms with Crippen LogP contribution in [-0.2, 0) is 4.74 Å². The molecule has 0 spiro atoms. The number of aromatic nitrogens is 1. The van der Waals surface area contributed by atoms with Gasteiger partial charge in [-0.1, -0.05) is 12.1 Å². The average Bonchev–Trinajstić information content (AvgIpc) is 2.49. The van der Waals surface area contributed by atoms with E-state index in [1.54, 1.807) is 0 Å². The van der Waals surface area contributed by atoms with Crippen molar-refractivity contribution in [1.82, 2.24) is 4.98 Å². The zero-order valence-electron chi connectivity index (χ0n) is 11.7. The van der Waals surface area contributed by atoms with E-state index in [1.807, 2.05) is 0 Å². The van der Waals surface area contributed by atoms with Gasteiger partial charge in [-0.2, -0.15) is 0 Å². The Morgan fingerprint density at radius 1 is 1.36 bits per heavy atom. The smallest absolute Gasteiger partial charge is 0.340 e. The minimum absolute atomic E-state index is 0.0420. The number of ether oxygens (including phenoxy) is 1. The Morgan fingerprint density at radius 3 is 2.59 bits per heavy atom. The molecule has 0 fully saturated rings. The second kappa shape index (κ2) is 5.68. The summed E-state index contributed by atoms with van der Waals surface area (Å²) in [5.41, 5.74) is -1.44. The van der Waals surface area contributed by atoms with E-state index in [1.165, 1.54) is 31.2 Å². The largest absolute Gasteiger partial charge is 0.503 e. The predicted molar refractivity (Wildman–Crippen MR) is 76.9 cm³/mol. The molecule has 0 saturated heterocycles. The van der Waals surface area contributed by atoms with Gasteiger partial charge in [0.1, 0.15) is 0 Å². The number of H-pyrrole nitrogens is 1. The molecular formula is C14H12N2O6. The molecule has 1 heterocycles. The first-order valence-electron chi connectivity index (χ1n) is 6.16. The van der Waals surface area contributed by atoms with Crippen molar-refractivity contribution in [3.63, 3.8) is 0 Å². The summed E-state index contributed by atoms with van der Waals surface area (Å²) >= 11 is 0. The Hall–Kier alpha value is -3.16. The number of rotatable bonds is 3. The zero-order chi connectivity index (χ0) is 16.4. The number of nitrogens with zero attached hydrogens (tertiary/aromatic N) is 1. The molecule has 1 aromatic heterocycles. The van der Waals surface area contributed by atoms with Crippen LogP contribution < -0.4 is 5.56 Å². The molecule has 0 aliphatic rings. The van der Waals surface area contributed by atoms with Gasteiger partial charge in [0.2, 0.25) is 0 Å². The number of hydrogen-bond acceptors (Lipinski definition) is 6. The van der Waals surface area contributed by atoms with E-state index in [4.69, 9.17) is 0 Å². The second-order valence-electron chi connectivity index (χ2n) is 4.44. The first kappa shape index (κ1) is 15.2. The number of benzene rings is 1. The number of pyridine rings is 1. The van der Waals surface area contributed by atoms with Crippen LogP contribution in [0.2, 0.25) is 0 Å². The summed E-state index contributed by atoms with van der Waals surface area (Å²) < 4.78 is 4.63. The lowest BCUT2D eigenvalue weighted by Gasteiger charge is -2.12. The molecule has 2 N–H and O–H groups in total. The number of nitro groups is 1. The molecule has 114 valence electrons. The molecule has 0 saturated carbocycles. The first-order valence-corrected chi connectivity index (χ1v) is 6.16. The Balaban J connectivity index is 2.94. The van der Waals surface area contributed by atoms with Gasteiger partial charge in [0.25, 0.3) is 11.2 Å². The SMILES string of the molecule is COC(=O)c1c(C)[nH]c(=O)c(O)c1-c1ccccc1[N+](=O)[O-]. The standard InChI is InChI=1S/C14H12N2O6/c1-7-10(14(19)22-2)11(12(17)13(18)15-7)8-5-3-4-6-9(8)16(20)21/h3-6,17H,1-2H3,(H,15,18). The third kappa shape index (κ3) is 2.41. The number of aryl methyl sites for hydroxylation is 1. The maximum atomic E-state index is 11.9. The number of aromatic amines is 1. The summed E-state index contributed by atoms with van der Waals surface area (Å²) in [5.74, 6) is -1.60. The second-order valence-corrected chi connectivity index (χ2v) is 4.44. The van der Waals surface area contributed by atoms with Crippen molar-refractivity contribution < 1.29 is 19.6 Å². The van der Waals surface area contributed by atoms with Crippen LogP contribution in [0.25, 0.3) is 11.1 Å². The Labute approximate surface area is 124 Å². The van der Waals surface area contributed by atoms with Crippen LogP contribution in [0.4, 0.5) is 5.69 Å². The number of methoxy groups -OCH3 is 1. The molecule has 0 atom stereocenters. The summed E-state index contributed by atoms with van der Waals surface area (Å²) in [7, 11) is 1.13. The minimum Gasteiger partial charge on any atom is -0.503 e. The normalized spacial score (nSPS) is 10.3. The highest BCUT2D eigenvalue weighted by Gasteiger charge is 2.27. The van der Waals surface area contributed by atoms with Gasteiger partial charge in [0.05, 0.1) is 28.7 Å². The number of aromatic hydroxyl groups is 1. The first-order chi connectivity index (χ1) is 10.4. The lowest BCUT2D eigenvalue weighted by atomic mass is 9.97. The van der Waals surface area contributed by atoms with Crippen molar-refractivity contribution in [3.05, 3.63) is 56.0 Å². The van der Waals surface area contributed by atoms with E-state index >= 15 is 0 Å². The molecule has 0 unspecified atom stereocenters. The molecule has 8 nitrogen and oxygen atoms in total. The highest BCUT2D eigenvalue weighted by molar-refractivity contribution is 6.01. The summed E-state index contributed by atoms with van der Waals surface area (Å²) in [6, 6.07) is 5.50. The fourth-order valence-corrected chi connectivity index (χ4v) is 2.18. The number of para-hydroxylation sites is 1. The van der Waals surface area contributed by atoms with Crippen LogP contribution in [0.3, 0.4) is 0 Å². The Bertz CT molecular complexity index is 825. The van der Waals surface area contributed by atoms with Crippen molar-refractivity contribution >= 4 is 11.7 Å². The number of hydrogen-bond donors (Lipinski definition) is 2. The Morgan fingerprint density at radius 2 is 2.00 bits per heavy atom. The van der Waals surface area contributed by atoms with Gasteiger partial charge in [-0.15, -0.1) is 0 Å². The summed E-state index contributed by atoms with van der Waals surface area (Å²) in [4.78, 5) is 36.5. The summed E-state index contributed by atoms with van der Waals surface area (Å²) in [5, 5.41) is 21.2. The van der Waals surface area contributed by atoms with Gasteiger partial charge in [-0.3, -0.25) is 14.9 Å². The molecule has 0 radical (unpaired) electrons. The molecule has 2 rings (SSSR count). The maximum absolute atomic E-state index is 11.9. The molecular weight excluding hydrogens is 292 g/mol. The van der Waals surface area contributed by atoms with Crippen molar-refractivity contribution in [2.24, 2.45) is 0 Å². The van der Waals surface area contributed by atoms with Gasteiger partial charge < -0.3 is 14.8 Å². The van der Waals surface area contributed by atoms with Crippen molar-refractivity contribution in [1.29, 1.82) is 0 Å². The van der Waals surface area contributed by atoms with E-state index in [9.17, 15) is 24.8 Å². The van der Waals surface area contributed by atoms with Gasteiger partial charge >= 0.3 is 5.97 Å². The zero-order valence-corrected chi connectivity index (χ0v) is 11.7. The van der Waals surface area contributed by atoms with Crippen LogP contribution in [0.1, 0.15) is 16.1 Å². The highest BCUT2D eigenvalue weighted by atomic mass is 16.6. The molecule has 0 amide bonds. The molecule has 1 aromatic carbocycles. The number of esters is 1. The van der Waals surface area contributed by atoms with Crippen molar-refractivity contribution in [3.8, 4) is 16.9 Å². The van der Waals surface area contributed by atoms with Crippen LogP contribution >= 0.6 is 0 Å². The monoisotopic (exact) mass is 304 g/mol. The van der Waals surface area contributed by atoms with E-state index in [-0.39, 0.29) is 28.1 Å². The van der Waals surface area contributed by atoms with Crippen LogP contribution in [0.15, 0.2) is 29.1 Å². The van der Waals surface area contributed by atoms with Crippen LogP contribution in [-0.4, -0.2) is 28.1 Å². The molecule has 0 bridgehead atoms. The number of carbonyl (C=O) groups excluding carboxylic acids is 1. The number of carbonyl (C=O) groups is 1. The van der Waals surface area contributed by atoms with Crippen LogP contribution in [0, 0.1) is 17.0 Å². The summed E-state index contributed by atoms with van der Waals surface area (Å²) in [6.07, 6.45) is 0. The predicted octanol–water partition coefficient (Wildman–Crippen LogP) is 1.75. The maximum Gasteiger partial charge on any atom is 0.340 e. The van der Waals surface area contributed by atoms with Crippen LogP contribution in [0.5, 0.6) is 5.75 Å². The van der Waals surface area contributed by atoms with Crippen molar-refractivity contribution in [2.75, 3.05) is 7.11 Å². The number of nitrogens with one attached hydrogen (secondary N) is 1. The topological polar surface area (TPSA) is 123 Å². The lowest BCUT2D eigenvalue weighted by Crippen LogP contribution is -2.16. The lowest BCUT2D eigenvalue weighted by molar-refractivity contribution is -0.384. The summed E-state index contributed by atoms with van der Waals surface area (Å²) in [6.45, 7) is 1.44. The van der Waals surface area contributed by atoms with Gasteiger partial charge in [0, 0.05) is 11.8 Å². The fourth-order valence-electron chi connectivity index (χ4n) is 2.18. The van der Waals surface area contributed by atoms with Gasteiger partial charge in [-0.05, 0) is 13.0 Å². The highest BCUT2D eigenvalue weighted by Crippen LogP contribution is 2.37. The number of nitro benzene ring substituents is 1. The third-order valence-corrected chi connectivity index (χ3v) is 3.14. The molecule has 22 heavy (non-hydrogen) atoms. The third-order valence-electron chi connectivity index (χ3n) is 3.14. The quantitative estimate of drug-likeness (QED) is 0.506. The molecule has 8 heteroatoms. The van der Waals surface area contributed by atoms with Gasteiger partial charge in [0.15, 0.2) is 5.75 Å². The fraction of sp³-hybridized carbons (Fsp3) is 0.143. The molecule has 0 aliphatic carbocycles. The average molecular weight is 304 g/mol. The molecule has 2 aromatic rings. The molecule has 0 aliphatic heterocycles. The van der Waals surface area contributed by atoms with E-state index < -0.39 is 22.2 Å². The Kier molecular flexibility index (Phi) is 3.93. The van der Waals surface area contributed by atoms with Crippen molar-refractivity contribution in [2.45, 2.75) is 6.92 Å². The van der Waals surface area contributed by atoms with Gasteiger partial charge in [-0.25, -0.2) is 4.79 Å². The van der Waals surface area contributed by atoms with E-state index in [0.717, 1.165) is 7.11 Å². The van der Waals surface area contributed by atoms with E-state index in [2.05, 4.69) is 9.72 Å². The van der Waals surface area contributed by atoms with E-state index in [0.29, 0.717) is 0 Å².